The molecule has 0 aromatic heterocycles. The van der Waals surface area contributed by atoms with Crippen molar-refractivity contribution in [3.8, 4) is 0 Å². The van der Waals surface area contributed by atoms with Gasteiger partial charge >= 0.3 is 0 Å². The van der Waals surface area contributed by atoms with E-state index in [-0.39, 0.29) is 0 Å². The molecule has 8 rings (SSSR count). The number of aliphatic hydroxyl groups excluding tert-OH is 25. The van der Waals surface area contributed by atoms with Gasteiger partial charge in [-0.25, -0.2) is 0 Å². The fourth-order valence-electron chi connectivity index (χ4n) is 11.6. The average molecular weight is 1360 g/mol. The van der Waals surface area contributed by atoms with Crippen LogP contribution in [0.2, 0.25) is 0 Å². The van der Waals surface area contributed by atoms with E-state index in [9.17, 15) is 132 Å². The Kier molecular flexibility index (Phi) is 26.9. The van der Waals surface area contributed by atoms with E-state index in [4.69, 9.17) is 71.1 Å². The number of rotatable bonds is 23. The molecular weight excluding hydrogens is 1270 g/mol. The van der Waals surface area contributed by atoms with Crippen LogP contribution in [0.25, 0.3) is 0 Å². The number of amides is 1. The highest BCUT2D eigenvalue weighted by molar-refractivity contribution is 5.73. The number of carbonyl (C=O) groups excluding carboxylic acids is 1. The molecule has 0 unspecified atom stereocenters. The van der Waals surface area contributed by atoms with E-state index in [1.54, 1.807) is 0 Å². The molecule has 0 saturated carbocycles. The van der Waals surface area contributed by atoms with Gasteiger partial charge in [0.25, 0.3) is 0 Å². The first kappa shape index (κ1) is 75.6. The minimum absolute atomic E-state index is 0.818. The third-order valence-electron chi connectivity index (χ3n) is 17.0. The highest BCUT2D eigenvalue weighted by Gasteiger charge is 2.59. The van der Waals surface area contributed by atoms with E-state index >= 15 is 0 Å². The summed E-state index contributed by atoms with van der Waals surface area (Å²) >= 11 is 0. The monoisotopic (exact) mass is 1360 g/mol. The zero-order valence-corrected chi connectivity index (χ0v) is 48.5. The summed E-state index contributed by atoms with van der Waals surface area (Å²) < 4.78 is 85.9. The van der Waals surface area contributed by atoms with Crippen molar-refractivity contribution in [2.24, 2.45) is 0 Å². The maximum Gasteiger partial charge on any atom is 0.217 e. The molecule has 8 heterocycles. The van der Waals surface area contributed by atoms with E-state index in [1.807, 2.05) is 0 Å². The molecule has 8 aliphatic rings. The van der Waals surface area contributed by atoms with Crippen LogP contribution in [0.4, 0.5) is 0 Å². The van der Waals surface area contributed by atoms with Crippen molar-refractivity contribution < 1.29 is 204 Å². The molecule has 0 spiro atoms. The van der Waals surface area contributed by atoms with Crippen LogP contribution < -0.4 is 5.32 Å². The van der Waals surface area contributed by atoms with Crippen molar-refractivity contribution in [1.82, 2.24) is 5.32 Å². The topological polar surface area (TPSA) is 673 Å². The highest BCUT2D eigenvalue weighted by Crippen LogP contribution is 2.38. The Bertz CT molecular complexity index is 2260. The number of nitrogens with one attached hydrogen (secondary N) is 1. The molecule has 0 radical (unpaired) electrons. The van der Waals surface area contributed by atoms with Crippen LogP contribution in [0, 0.1) is 0 Å². The van der Waals surface area contributed by atoms with Crippen molar-refractivity contribution in [3.05, 3.63) is 0 Å². The molecule has 536 valence electrons. The van der Waals surface area contributed by atoms with Crippen molar-refractivity contribution in [2.75, 3.05) is 52.9 Å². The lowest BCUT2D eigenvalue weighted by atomic mass is 9.95. The third-order valence-corrected chi connectivity index (χ3v) is 17.0. The van der Waals surface area contributed by atoms with Gasteiger partial charge in [-0.05, 0) is 0 Å². The van der Waals surface area contributed by atoms with Gasteiger partial charge in [-0.2, -0.15) is 0 Å². The van der Waals surface area contributed by atoms with Gasteiger partial charge in [0.1, 0.15) is 195 Å². The summed E-state index contributed by atoms with van der Waals surface area (Å²) in [6.07, 6.45) is -79.9. The Morgan fingerprint density at radius 2 is 0.576 bits per heavy atom. The first-order chi connectivity index (χ1) is 43.5. The number of hydrogen-bond acceptors (Lipinski definition) is 41. The van der Waals surface area contributed by atoms with E-state index in [2.05, 4.69) is 5.32 Å². The third kappa shape index (κ3) is 16.0. The summed E-state index contributed by atoms with van der Waals surface area (Å²) in [5, 5.41) is 272. The van der Waals surface area contributed by atoms with Crippen LogP contribution in [0.15, 0.2) is 0 Å². The summed E-state index contributed by atoms with van der Waals surface area (Å²) in [5.41, 5.74) is 0. The Morgan fingerprint density at radius 1 is 0.283 bits per heavy atom. The first-order valence-electron chi connectivity index (χ1n) is 29.2. The van der Waals surface area contributed by atoms with Crippen LogP contribution in [0.5, 0.6) is 0 Å². The predicted octanol–water partition coefficient (Wildman–Crippen LogP) is -18.3. The van der Waals surface area contributed by atoms with Gasteiger partial charge in [0, 0.05) is 6.92 Å². The second-order valence-corrected chi connectivity index (χ2v) is 23.2. The molecule has 1 amide bonds. The average Bonchev–Trinajstić information content (AvgIpc) is 0.782. The molecule has 0 aromatic carbocycles. The molecule has 0 aromatic rings. The van der Waals surface area contributed by atoms with Crippen LogP contribution >= 0.6 is 0 Å². The van der Waals surface area contributed by atoms with Gasteiger partial charge in [-0.3, -0.25) is 4.79 Å². The van der Waals surface area contributed by atoms with Gasteiger partial charge in [0.2, 0.25) is 5.91 Å². The molecule has 8 fully saturated rings. The van der Waals surface area contributed by atoms with Crippen molar-refractivity contribution in [2.45, 2.75) is 253 Å². The van der Waals surface area contributed by atoms with E-state index in [0.29, 0.717) is 0 Å². The summed E-state index contributed by atoms with van der Waals surface area (Å²) in [6.45, 7) is -7.13. The van der Waals surface area contributed by atoms with Gasteiger partial charge in [0.15, 0.2) is 50.3 Å². The molecule has 0 aliphatic carbocycles. The van der Waals surface area contributed by atoms with E-state index in [1.165, 1.54) is 0 Å². The largest absolute Gasteiger partial charge is 0.394 e. The summed E-state index contributed by atoms with van der Waals surface area (Å²) in [7, 11) is 0. The Labute approximate surface area is 519 Å². The predicted molar refractivity (Wildman–Crippen MR) is 276 cm³/mol. The Hall–Kier alpha value is -2.13. The lowest BCUT2D eigenvalue weighted by Crippen LogP contribution is -2.69. The molecule has 8 saturated heterocycles. The summed E-state index contributed by atoms with van der Waals surface area (Å²) in [5.74, 6) is -0.818. The number of hydrogen-bond donors (Lipinski definition) is 26. The molecule has 92 heavy (non-hydrogen) atoms. The molecule has 26 N–H and O–H groups in total. The van der Waals surface area contributed by atoms with Crippen molar-refractivity contribution >= 4 is 5.91 Å². The fraction of sp³-hybridized carbons (Fsp3) is 0.980. The molecular formula is C50H85NO41. The molecule has 40 atom stereocenters. The van der Waals surface area contributed by atoms with Crippen LogP contribution in [-0.4, -0.2) is 432 Å². The number of ether oxygens (including phenoxy) is 15. The van der Waals surface area contributed by atoms with Gasteiger partial charge < -0.3 is 204 Å². The van der Waals surface area contributed by atoms with Crippen LogP contribution in [0.1, 0.15) is 6.92 Å². The minimum atomic E-state index is -2.43. The fourth-order valence-corrected chi connectivity index (χ4v) is 11.6. The lowest BCUT2D eigenvalue weighted by molar-refractivity contribution is -0.407. The summed E-state index contributed by atoms with van der Waals surface area (Å²) in [4.78, 5) is 12.2. The second kappa shape index (κ2) is 32.7. The quantitative estimate of drug-likeness (QED) is 0.0452. The van der Waals surface area contributed by atoms with Crippen molar-refractivity contribution in [1.29, 1.82) is 0 Å². The maximum atomic E-state index is 12.2. The van der Waals surface area contributed by atoms with Crippen LogP contribution in [-0.2, 0) is 75.8 Å². The second-order valence-electron chi connectivity index (χ2n) is 23.2. The van der Waals surface area contributed by atoms with Gasteiger partial charge in [0.05, 0.1) is 52.9 Å². The van der Waals surface area contributed by atoms with E-state index < -0.39 is 304 Å². The standard InChI is InChI=1S/C50H85NO41/c1-10(58)51-19-27(66)38(16(7-57)80-43(19)77)88-47-37(76)39(89-49-42(33(72)24(63)14(5-55)84-49)92-50-41(32(71)23(62)15(6-56)85-50)91-46-36(75)29(68)21(60)12(3-53)82-46)26(65)18(87-47)9-78-44-34(73)30(69)25(64)17(86-44)8-79-48-40(31(70)22(61)13(4-54)83-48)90-45-35(74)28(67)20(59)11(2-52)81-45/h11-50,52-57,59-77H,2-9H2,1H3,(H,51,58)/t11-,12-,13-,14-,15-,16-,17-,18-,19-,20-,21-,22-,23-,24-,25-,26-,27-,28+,29+,30+,31+,32+,33+,34+,35+,36+,37+,38-,39+,40+,41+,42+,43-,44+,45-,46-,47+,48+,49-,50-/m1/s1. The Balaban J connectivity index is 1.06. The Morgan fingerprint density at radius 3 is 1.00 bits per heavy atom. The lowest BCUT2D eigenvalue weighted by Gasteiger charge is -2.50. The van der Waals surface area contributed by atoms with E-state index in [0.717, 1.165) is 6.92 Å². The van der Waals surface area contributed by atoms with Crippen molar-refractivity contribution in [3.63, 3.8) is 0 Å². The molecule has 42 nitrogen and oxygen atoms in total. The molecule has 42 heteroatoms. The van der Waals surface area contributed by atoms with Crippen LogP contribution in [0.3, 0.4) is 0 Å². The summed E-state index contributed by atoms with van der Waals surface area (Å²) in [6, 6.07) is -1.71. The first-order valence-corrected chi connectivity index (χ1v) is 29.2. The highest BCUT2D eigenvalue weighted by atomic mass is 16.8. The minimum Gasteiger partial charge on any atom is -0.394 e. The number of carbonyl (C=O) groups is 1. The van der Waals surface area contributed by atoms with Gasteiger partial charge in [-0.1, -0.05) is 0 Å². The number of aliphatic hydroxyl groups is 25. The smallest absolute Gasteiger partial charge is 0.217 e. The SMILES string of the molecule is CC(=O)N[C@@H]1[C@@H](O)[C@H](O[C@@H]2O[C@H](CO[C@H]3O[C@H](CO[C@H]4O[C@H](CO)[C@@H](O)[C@H](O)[C@@H]4O[C@H]4O[C@H](CO)[C@@H](O)[C@H](O)[C@@H]4O)[C@@H](O)[C@H](O)[C@@H]3O)[C@@H](O)[C@H](O[C@H]3O[C@H](CO)[C@@H](O)[C@H](O)[C@@H]3O[C@H]3O[C@H](CO)[C@@H](O)[C@H](O)[C@@H]3O[C@H]3O[C@H](CO)[C@@H](O)[C@H](O)[C@@H]3O)[C@@H]2O)[C@@H](CO)O[C@H]1O. The molecule has 8 aliphatic heterocycles. The zero-order chi connectivity index (χ0) is 67.6. The maximum absolute atomic E-state index is 12.2. The van der Waals surface area contributed by atoms with Gasteiger partial charge in [-0.15, -0.1) is 0 Å². The zero-order valence-electron chi connectivity index (χ0n) is 48.5. The normalized spacial score (nSPS) is 52.2. The molecule has 0 bridgehead atoms.